The molecule has 2 aromatic rings. The van der Waals surface area contributed by atoms with E-state index in [1.807, 2.05) is 6.07 Å². The fourth-order valence-electron chi connectivity index (χ4n) is 2.56. The highest BCUT2D eigenvalue weighted by atomic mass is 16.6. The molecule has 10 nitrogen and oxygen atoms in total. The van der Waals surface area contributed by atoms with Crippen LogP contribution in [0.3, 0.4) is 0 Å². The highest BCUT2D eigenvalue weighted by Gasteiger charge is 2.44. The predicted molar refractivity (Wildman–Crippen MR) is 72.5 cm³/mol. The van der Waals surface area contributed by atoms with Gasteiger partial charge in [-0.1, -0.05) is 0 Å². The van der Waals surface area contributed by atoms with Gasteiger partial charge in [0, 0.05) is 6.20 Å². The highest BCUT2D eigenvalue weighted by Crippen LogP contribution is 2.32. The van der Waals surface area contributed by atoms with Gasteiger partial charge in [0.15, 0.2) is 11.9 Å². The first kappa shape index (κ1) is 14.5. The van der Waals surface area contributed by atoms with Gasteiger partial charge in [0.2, 0.25) is 5.95 Å². The number of nitrogens with one attached hydrogen (secondary N) is 1. The number of nitrogen functional groups attached to an aromatic ring is 1. The summed E-state index contributed by atoms with van der Waals surface area (Å²) in [5, 5.41) is 38.1. The molecular weight excluding hydrogens is 294 g/mol. The number of fused-ring (bicyclic) bond motifs is 1. The van der Waals surface area contributed by atoms with Crippen LogP contribution in [0, 0.1) is 11.3 Å². The number of aromatic nitrogens is 3. The Morgan fingerprint density at radius 1 is 1.50 bits per heavy atom. The van der Waals surface area contributed by atoms with Gasteiger partial charge in [-0.05, 0) is 0 Å². The summed E-state index contributed by atoms with van der Waals surface area (Å²) >= 11 is 0. The second-order valence-corrected chi connectivity index (χ2v) is 4.94. The number of nitrogens with zero attached hydrogens (tertiary/aromatic N) is 3. The molecule has 4 atom stereocenters. The summed E-state index contributed by atoms with van der Waals surface area (Å²) in [6.07, 6.45) is -3.47. The topological polar surface area (TPSA) is 170 Å². The van der Waals surface area contributed by atoms with E-state index in [1.54, 1.807) is 0 Å². The lowest BCUT2D eigenvalue weighted by Gasteiger charge is -2.17. The Morgan fingerprint density at radius 3 is 2.82 bits per heavy atom. The molecule has 0 radical (unpaired) electrons. The second-order valence-electron chi connectivity index (χ2n) is 4.94. The molecule has 2 aromatic heterocycles. The molecule has 10 heteroatoms. The van der Waals surface area contributed by atoms with E-state index in [9.17, 15) is 15.0 Å². The van der Waals surface area contributed by atoms with E-state index >= 15 is 0 Å². The first-order valence-corrected chi connectivity index (χ1v) is 6.40. The van der Waals surface area contributed by atoms with Crippen LogP contribution in [0.1, 0.15) is 11.8 Å². The second kappa shape index (κ2) is 5.08. The zero-order valence-electron chi connectivity index (χ0n) is 11.2. The summed E-state index contributed by atoms with van der Waals surface area (Å²) in [6.45, 7) is -0.491. The van der Waals surface area contributed by atoms with E-state index in [0.29, 0.717) is 0 Å². The smallest absolute Gasteiger partial charge is 0.263 e. The SMILES string of the molecule is N#Cc1cn([C@@H]2O[C@H](CO)C(O)[C@@H]2O)c2nc(N)[nH]c(=O)c12. The number of aliphatic hydroxyl groups is 3. The molecule has 3 rings (SSSR count). The van der Waals surface area contributed by atoms with Gasteiger partial charge in [-0.15, -0.1) is 0 Å². The normalized spacial score (nSPS) is 28.1. The molecule has 116 valence electrons. The Kier molecular flexibility index (Phi) is 3.34. The van der Waals surface area contributed by atoms with Crippen molar-refractivity contribution in [2.75, 3.05) is 12.3 Å². The van der Waals surface area contributed by atoms with Crippen molar-refractivity contribution < 1.29 is 20.1 Å². The van der Waals surface area contributed by atoms with E-state index in [2.05, 4.69) is 9.97 Å². The molecule has 0 aliphatic carbocycles. The van der Waals surface area contributed by atoms with Crippen LogP contribution in [0.2, 0.25) is 0 Å². The standard InChI is InChI=1S/C12H13N5O5/c13-1-4-2-17(9-6(4)10(21)16-12(14)15-9)11-8(20)7(19)5(3-18)22-11/h2,5,7-8,11,18-20H,3H2,(H3,14,15,16,21)/t5-,7?,8+,11-/m1/s1. The Labute approximate surface area is 123 Å². The zero-order valence-corrected chi connectivity index (χ0v) is 11.2. The van der Waals surface area contributed by atoms with Gasteiger partial charge in [0.05, 0.1) is 12.2 Å². The predicted octanol–water partition coefficient (Wildman–Crippen LogP) is -2.21. The Morgan fingerprint density at radius 2 is 2.23 bits per heavy atom. The Bertz CT molecular complexity index is 822. The lowest BCUT2D eigenvalue weighted by atomic mass is 10.1. The van der Waals surface area contributed by atoms with E-state index in [-0.39, 0.29) is 22.5 Å². The molecular formula is C12H13N5O5. The summed E-state index contributed by atoms with van der Waals surface area (Å²) < 4.78 is 6.63. The highest BCUT2D eigenvalue weighted by molar-refractivity contribution is 5.83. The van der Waals surface area contributed by atoms with Crippen molar-refractivity contribution in [3.8, 4) is 6.07 Å². The van der Waals surface area contributed by atoms with Crippen molar-refractivity contribution in [1.29, 1.82) is 5.26 Å². The van der Waals surface area contributed by atoms with Crippen molar-refractivity contribution in [3.63, 3.8) is 0 Å². The van der Waals surface area contributed by atoms with Gasteiger partial charge in [-0.2, -0.15) is 10.2 Å². The van der Waals surface area contributed by atoms with Crippen LogP contribution in [-0.4, -0.2) is 54.8 Å². The molecule has 0 aromatic carbocycles. The summed E-state index contributed by atoms with van der Waals surface area (Å²) in [7, 11) is 0. The van der Waals surface area contributed by atoms with Crippen LogP contribution >= 0.6 is 0 Å². The Balaban J connectivity index is 2.20. The first-order chi connectivity index (χ1) is 10.5. The van der Waals surface area contributed by atoms with Crippen LogP contribution in [-0.2, 0) is 4.74 Å². The van der Waals surface area contributed by atoms with Crippen molar-refractivity contribution in [2.24, 2.45) is 0 Å². The minimum Gasteiger partial charge on any atom is -0.394 e. The Hall–Kier alpha value is -2.45. The van der Waals surface area contributed by atoms with E-state index < -0.39 is 36.7 Å². The summed E-state index contributed by atoms with van der Waals surface area (Å²) in [6, 6.07) is 1.85. The molecule has 22 heavy (non-hydrogen) atoms. The lowest BCUT2D eigenvalue weighted by molar-refractivity contribution is -0.0508. The molecule has 1 aliphatic heterocycles. The molecule has 0 spiro atoms. The average Bonchev–Trinajstić information content (AvgIpc) is 2.98. The number of ether oxygens (including phenoxy) is 1. The fraction of sp³-hybridized carbons (Fsp3) is 0.417. The van der Waals surface area contributed by atoms with Crippen LogP contribution in [0.25, 0.3) is 11.0 Å². The zero-order chi connectivity index (χ0) is 16.0. The minimum absolute atomic E-state index is 0.00874. The van der Waals surface area contributed by atoms with Crippen molar-refractivity contribution in [1.82, 2.24) is 14.5 Å². The molecule has 0 amide bonds. The average molecular weight is 307 g/mol. The molecule has 0 saturated carbocycles. The third-order valence-corrected chi connectivity index (χ3v) is 3.61. The number of anilines is 1. The maximum atomic E-state index is 11.9. The summed E-state index contributed by atoms with van der Waals surface area (Å²) in [4.78, 5) is 18.2. The molecule has 3 heterocycles. The summed E-state index contributed by atoms with van der Waals surface area (Å²) in [5.41, 5.74) is 4.99. The number of hydrogen-bond acceptors (Lipinski definition) is 8. The van der Waals surface area contributed by atoms with Gasteiger partial charge in [-0.3, -0.25) is 9.78 Å². The molecule has 1 saturated heterocycles. The molecule has 6 N–H and O–H groups in total. The third-order valence-electron chi connectivity index (χ3n) is 3.61. The molecule has 0 bridgehead atoms. The van der Waals surface area contributed by atoms with Gasteiger partial charge in [0.25, 0.3) is 5.56 Å². The van der Waals surface area contributed by atoms with Crippen LogP contribution in [0.15, 0.2) is 11.0 Å². The number of aromatic amines is 1. The first-order valence-electron chi connectivity index (χ1n) is 6.40. The number of nitrogens with two attached hydrogens (primary N) is 1. The monoisotopic (exact) mass is 307 g/mol. The van der Waals surface area contributed by atoms with E-state index in [4.69, 9.17) is 20.8 Å². The van der Waals surface area contributed by atoms with Gasteiger partial charge >= 0.3 is 0 Å². The molecule has 1 unspecified atom stereocenters. The van der Waals surface area contributed by atoms with Crippen LogP contribution in [0.4, 0.5) is 5.95 Å². The van der Waals surface area contributed by atoms with Crippen LogP contribution < -0.4 is 11.3 Å². The van der Waals surface area contributed by atoms with E-state index in [1.165, 1.54) is 10.8 Å². The van der Waals surface area contributed by atoms with Gasteiger partial charge in [0.1, 0.15) is 29.8 Å². The van der Waals surface area contributed by atoms with Crippen molar-refractivity contribution in [2.45, 2.75) is 24.5 Å². The fourth-order valence-corrected chi connectivity index (χ4v) is 2.56. The van der Waals surface area contributed by atoms with Crippen LogP contribution in [0.5, 0.6) is 0 Å². The maximum absolute atomic E-state index is 11.9. The largest absolute Gasteiger partial charge is 0.394 e. The van der Waals surface area contributed by atoms with Gasteiger partial charge in [-0.25, -0.2) is 0 Å². The number of nitriles is 1. The molecule has 1 aliphatic rings. The quantitative estimate of drug-likeness (QED) is 0.415. The number of rotatable bonds is 2. The van der Waals surface area contributed by atoms with Gasteiger partial charge < -0.3 is 30.4 Å². The number of aliphatic hydroxyl groups excluding tert-OH is 3. The number of hydrogen-bond donors (Lipinski definition) is 5. The van der Waals surface area contributed by atoms with Crippen molar-refractivity contribution in [3.05, 3.63) is 22.1 Å². The number of H-pyrrole nitrogens is 1. The van der Waals surface area contributed by atoms with Crippen molar-refractivity contribution >= 4 is 17.0 Å². The third kappa shape index (κ3) is 1.96. The maximum Gasteiger partial charge on any atom is 0.263 e. The lowest BCUT2D eigenvalue weighted by Crippen LogP contribution is -2.33. The summed E-state index contributed by atoms with van der Waals surface area (Å²) in [5.74, 6) is -0.159. The van der Waals surface area contributed by atoms with E-state index in [0.717, 1.165) is 0 Å². The minimum atomic E-state index is -1.36. The molecule has 1 fully saturated rings.